The van der Waals surface area contributed by atoms with Crippen LogP contribution in [-0.4, -0.2) is 43.5 Å². The highest BCUT2D eigenvalue weighted by Gasteiger charge is 2.45. The summed E-state index contributed by atoms with van der Waals surface area (Å²) in [7, 11) is 0. The molecule has 3 aromatic rings. The van der Waals surface area contributed by atoms with Crippen LogP contribution in [0.2, 0.25) is 0 Å². The normalized spacial score (nSPS) is 23.9. The van der Waals surface area contributed by atoms with Crippen molar-refractivity contribution < 1.29 is 22.4 Å². The first-order valence-electron chi connectivity index (χ1n) is 9.63. The van der Waals surface area contributed by atoms with Gasteiger partial charge in [-0.25, -0.2) is 13.9 Å². The lowest BCUT2D eigenvalue weighted by Crippen LogP contribution is -2.30. The molecule has 1 amide bonds. The van der Waals surface area contributed by atoms with Gasteiger partial charge in [-0.1, -0.05) is 0 Å². The van der Waals surface area contributed by atoms with Gasteiger partial charge in [-0.05, 0) is 60.4 Å². The van der Waals surface area contributed by atoms with Crippen LogP contribution >= 0.6 is 0 Å². The molecule has 2 aliphatic rings. The van der Waals surface area contributed by atoms with Crippen molar-refractivity contribution in [2.75, 3.05) is 13.1 Å². The van der Waals surface area contributed by atoms with Gasteiger partial charge < -0.3 is 4.90 Å². The Balaban J connectivity index is 1.32. The van der Waals surface area contributed by atoms with Gasteiger partial charge in [0.05, 0.1) is 5.56 Å². The number of nitrogens with zero attached hydrogens (tertiary/aromatic N) is 5. The number of benzene rings is 1. The molecule has 0 spiro atoms. The van der Waals surface area contributed by atoms with E-state index in [0.29, 0.717) is 31.7 Å². The second kappa shape index (κ2) is 6.75. The Kier molecular flexibility index (Phi) is 4.26. The third-order valence-corrected chi connectivity index (χ3v) is 6.10. The van der Waals surface area contributed by atoms with Crippen molar-refractivity contribution in [3.05, 3.63) is 59.4 Å². The Morgan fingerprint density at radius 3 is 2.53 bits per heavy atom. The molecule has 3 heterocycles. The quantitative estimate of drug-likeness (QED) is 0.596. The lowest BCUT2D eigenvalue weighted by molar-refractivity contribution is -0.138. The Morgan fingerprint density at radius 2 is 1.87 bits per heavy atom. The number of likely N-dealkylation sites (tertiary alicyclic amines) is 1. The zero-order valence-corrected chi connectivity index (χ0v) is 15.7. The van der Waals surface area contributed by atoms with E-state index in [4.69, 9.17) is 0 Å². The molecule has 0 N–H and O–H groups in total. The van der Waals surface area contributed by atoms with Crippen LogP contribution in [-0.2, 0) is 6.18 Å². The van der Waals surface area contributed by atoms with Gasteiger partial charge in [-0.3, -0.25) is 4.79 Å². The maximum Gasteiger partial charge on any atom is 0.416 e. The van der Waals surface area contributed by atoms with Crippen molar-refractivity contribution in [3.8, 4) is 0 Å². The van der Waals surface area contributed by atoms with Crippen molar-refractivity contribution in [2.45, 2.75) is 24.9 Å². The lowest BCUT2D eigenvalue weighted by Gasteiger charge is -2.21. The zero-order chi connectivity index (χ0) is 21.0. The monoisotopic (exact) mass is 419 g/mol. The lowest BCUT2D eigenvalue weighted by atomic mass is 9.91. The predicted octanol–water partition coefficient (Wildman–Crippen LogP) is 3.55. The molecule has 3 atom stereocenters. The van der Waals surface area contributed by atoms with Crippen molar-refractivity contribution in [2.24, 2.45) is 11.8 Å². The van der Waals surface area contributed by atoms with Gasteiger partial charge in [0.2, 0.25) is 5.82 Å². The van der Waals surface area contributed by atoms with Crippen LogP contribution in [0, 0.1) is 17.7 Å². The van der Waals surface area contributed by atoms with Gasteiger partial charge in [0, 0.05) is 25.5 Å². The third kappa shape index (κ3) is 3.20. The molecule has 2 aromatic heterocycles. The maximum atomic E-state index is 13.7. The largest absolute Gasteiger partial charge is 0.416 e. The highest BCUT2D eigenvalue weighted by Crippen LogP contribution is 2.49. The fraction of sp³-hybridized carbons (Fsp3) is 0.400. The number of carbonyl (C=O) groups excluding carboxylic acids is 1. The second-order valence-corrected chi connectivity index (χ2v) is 7.93. The Hall–Kier alpha value is -3.04. The third-order valence-electron chi connectivity index (χ3n) is 6.10. The number of hydrogen-bond donors (Lipinski definition) is 0. The number of alkyl halides is 3. The van der Waals surface area contributed by atoms with Crippen molar-refractivity contribution in [1.29, 1.82) is 0 Å². The van der Waals surface area contributed by atoms with Crippen LogP contribution < -0.4 is 0 Å². The highest BCUT2D eigenvalue weighted by atomic mass is 19.4. The molecular formula is C20H17F4N5O. The molecule has 1 aromatic carbocycles. The molecular weight excluding hydrogens is 402 g/mol. The Morgan fingerprint density at radius 1 is 1.13 bits per heavy atom. The summed E-state index contributed by atoms with van der Waals surface area (Å²) >= 11 is 0. The maximum absolute atomic E-state index is 13.7. The van der Waals surface area contributed by atoms with E-state index in [1.54, 1.807) is 23.4 Å². The van der Waals surface area contributed by atoms with E-state index in [9.17, 15) is 22.4 Å². The molecule has 1 saturated heterocycles. The SMILES string of the molecule is O=C(c1nc2ncccn2n1)N1C[C@H]2CC(c3cc(F)ccc3C(F)(F)F)C[C@H]2C1. The Labute approximate surface area is 168 Å². The van der Waals surface area contributed by atoms with E-state index in [1.165, 1.54) is 4.52 Å². The molecule has 30 heavy (non-hydrogen) atoms. The summed E-state index contributed by atoms with van der Waals surface area (Å²) in [4.78, 5) is 22.6. The number of hydrogen-bond acceptors (Lipinski definition) is 4. The number of fused-ring (bicyclic) bond motifs is 2. The number of aromatic nitrogens is 4. The van der Waals surface area contributed by atoms with Crippen molar-refractivity contribution in [3.63, 3.8) is 0 Å². The van der Waals surface area contributed by atoms with Crippen molar-refractivity contribution >= 4 is 11.7 Å². The molecule has 5 rings (SSSR count). The number of carbonyl (C=O) groups is 1. The smallest absolute Gasteiger partial charge is 0.335 e. The minimum atomic E-state index is -4.52. The van der Waals surface area contributed by atoms with E-state index in [1.807, 2.05) is 0 Å². The van der Waals surface area contributed by atoms with Gasteiger partial charge in [-0.2, -0.15) is 18.2 Å². The average Bonchev–Trinajstić information content (AvgIpc) is 3.38. The number of halogens is 4. The van der Waals surface area contributed by atoms with E-state index in [2.05, 4.69) is 15.1 Å². The molecule has 1 aliphatic heterocycles. The van der Waals surface area contributed by atoms with Gasteiger partial charge in [0.15, 0.2) is 0 Å². The molecule has 10 heteroatoms. The molecule has 1 saturated carbocycles. The summed E-state index contributed by atoms with van der Waals surface area (Å²) in [5, 5.41) is 4.15. The van der Waals surface area contributed by atoms with Crippen LogP contribution in [0.15, 0.2) is 36.7 Å². The first-order valence-corrected chi connectivity index (χ1v) is 9.63. The van der Waals surface area contributed by atoms with Crippen molar-refractivity contribution in [1.82, 2.24) is 24.5 Å². The van der Waals surface area contributed by atoms with Crippen LogP contribution in [0.4, 0.5) is 17.6 Å². The molecule has 0 radical (unpaired) electrons. The fourth-order valence-electron chi connectivity index (χ4n) is 4.81. The Bertz CT molecular complexity index is 1080. The summed E-state index contributed by atoms with van der Waals surface area (Å²) in [5.74, 6) is -0.841. The molecule has 2 fully saturated rings. The van der Waals surface area contributed by atoms with Crippen LogP contribution in [0.1, 0.15) is 40.5 Å². The number of rotatable bonds is 2. The van der Waals surface area contributed by atoms with Crippen LogP contribution in [0.3, 0.4) is 0 Å². The number of amides is 1. The van der Waals surface area contributed by atoms with E-state index in [-0.39, 0.29) is 35.0 Å². The fourth-order valence-corrected chi connectivity index (χ4v) is 4.81. The van der Waals surface area contributed by atoms with Crippen LogP contribution in [0.25, 0.3) is 5.78 Å². The minimum absolute atomic E-state index is 0.0165. The highest BCUT2D eigenvalue weighted by molar-refractivity contribution is 5.91. The van der Waals surface area contributed by atoms with Gasteiger partial charge in [-0.15, -0.1) is 5.10 Å². The summed E-state index contributed by atoms with van der Waals surface area (Å²) in [6.07, 6.45) is -0.346. The van der Waals surface area contributed by atoms with Gasteiger partial charge in [0.25, 0.3) is 11.7 Å². The van der Waals surface area contributed by atoms with E-state index in [0.717, 1.165) is 18.2 Å². The predicted molar refractivity (Wildman–Crippen MR) is 97.0 cm³/mol. The van der Waals surface area contributed by atoms with E-state index >= 15 is 0 Å². The molecule has 1 aliphatic carbocycles. The summed E-state index contributed by atoms with van der Waals surface area (Å²) < 4.78 is 55.2. The molecule has 0 bridgehead atoms. The van der Waals surface area contributed by atoms with Gasteiger partial charge in [0.1, 0.15) is 5.82 Å². The van der Waals surface area contributed by atoms with Gasteiger partial charge >= 0.3 is 6.18 Å². The second-order valence-electron chi connectivity index (χ2n) is 7.93. The molecule has 156 valence electrons. The first kappa shape index (κ1) is 19.0. The summed E-state index contributed by atoms with van der Waals surface area (Å²) in [5.41, 5.74) is -0.758. The average molecular weight is 419 g/mol. The van der Waals surface area contributed by atoms with E-state index < -0.39 is 17.6 Å². The molecule has 6 nitrogen and oxygen atoms in total. The first-order chi connectivity index (χ1) is 14.3. The standard InChI is InChI=1S/C20H17F4N5O/c21-14-2-3-16(20(22,23)24)15(8-14)11-6-12-9-28(10-13(12)7-11)18(30)17-26-19-25-4-1-5-29(19)27-17/h1-5,8,11-13H,6-7,9-10H2/t11?,12-,13+. The zero-order valence-electron chi connectivity index (χ0n) is 15.7. The van der Waals surface area contributed by atoms with Crippen LogP contribution in [0.5, 0.6) is 0 Å². The summed E-state index contributed by atoms with van der Waals surface area (Å²) in [6.45, 7) is 0.860. The molecule has 1 unspecified atom stereocenters. The summed E-state index contributed by atoms with van der Waals surface area (Å²) in [6, 6.07) is 4.35. The topological polar surface area (TPSA) is 63.4 Å². The minimum Gasteiger partial charge on any atom is -0.335 e.